The number of ether oxygens (including phenoxy) is 2. The number of sulfone groups is 1. The van der Waals surface area contributed by atoms with Crippen LogP contribution in [0.25, 0.3) is 16.6 Å². The van der Waals surface area contributed by atoms with Gasteiger partial charge in [-0.2, -0.15) is 4.52 Å². The van der Waals surface area contributed by atoms with E-state index in [9.17, 15) is 8.42 Å². The molecule has 1 N–H and O–H groups in total. The van der Waals surface area contributed by atoms with E-state index in [1.165, 1.54) is 16.6 Å². The molecule has 0 fully saturated rings. The van der Waals surface area contributed by atoms with Crippen molar-refractivity contribution in [2.24, 2.45) is 0 Å². The summed E-state index contributed by atoms with van der Waals surface area (Å²) in [5.74, 6) is 1.64. The second kappa shape index (κ2) is 8.06. The summed E-state index contributed by atoms with van der Waals surface area (Å²) >= 11 is 0. The van der Waals surface area contributed by atoms with Gasteiger partial charge in [0.15, 0.2) is 5.65 Å². The van der Waals surface area contributed by atoms with E-state index >= 15 is 0 Å². The number of nitrogens with zero attached hydrogens (tertiary/aromatic N) is 4. The number of methoxy groups -OCH3 is 2. The van der Waals surface area contributed by atoms with Crippen molar-refractivity contribution >= 4 is 37.9 Å². The Kier molecular flexibility index (Phi) is 5.06. The lowest BCUT2D eigenvalue weighted by molar-refractivity contribution is 0.395. The molecule has 5 rings (SSSR count). The zero-order valence-corrected chi connectivity index (χ0v) is 18.6. The van der Waals surface area contributed by atoms with Crippen LogP contribution >= 0.6 is 0 Å². The van der Waals surface area contributed by atoms with E-state index in [-0.39, 0.29) is 15.6 Å². The second-order valence-corrected chi connectivity index (χ2v) is 9.02. The number of hydrogen-bond donors (Lipinski definition) is 1. The first kappa shape index (κ1) is 20.7. The number of fused-ring (bicyclic) bond motifs is 3. The van der Waals surface area contributed by atoms with Crippen LogP contribution in [0.15, 0.2) is 82.7 Å². The Labute approximate surface area is 189 Å². The molecule has 166 valence electrons. The molecule has 5 aromatic rings. The van der Waals surface area contributed by atoms with Gasteiger partial charge in [-0.25, -0.2) is 13.4 Å². The fourth-order valence-corrected chi connectivity index (χ4v) is 4.80. The normalized spacial score (nSPS) is 11.6. The van der Waals surface area contributed by atoms with Gasteiger partial charge in [-0.15, -0.1) is 5.10 Å². The van der Waals surface area contributed by atoms with E-state index in [1.807, 2.05) is 24.3 Å². The minimum atomic E-state index is -3.93. The zero-order valence-electron chi connectivity index (χ0n) is 17.8. The van der Waals surface area contributed by atoms with Gasteiger partial charge in [0.05, 0.1) is 24.6 Å². The van der Waals surface area contributed by atoms with Crippen LogP contribution < -0.4 is 14.8 Å². The Balaban J connectivity index is 1.72. The van der Waals surface area contributed by atoms with E-state index in [1.54, 1.807) is 50.6 Å². The molecule has 0 spiro atoms. The van der Waals surface area contributed by atoms with Crippen LogP contribution in [0.1, 0.15) is 0 Å². The van der Waals surface area contributed by atoms with E-state index in [0.29, 0.717) is 28.5 Å². The molecule has 0 aliphatic rings. The molecule has 0 atom stereocenters. The second-order valence-electron chi connectivity index (χ2n) is 7.15. The van der Waals surface area contributed by atoms with Crippen molar-refractivity contribution < 1.29 is 17.9 Å². The SMILES string of the molecule is COc1cc(Nc2nc3c(S(=O)(=O)c4ccccc4)nnn3c3ccccc23)cc(OC)c1. The molecular formula is C23H19N5O4S. The summed E-state index contributed by atoms with van der Waals surface area (Å²) in [5.41, 5.74) is 1.44. The lowest BCUT2D eigenvalue weighted by Gasteiger charge is -2.13. The van der Waals surface area contributed by atoms with Crippen LogP contribution in [-0.4, -0.2) is 42.4 Å². The molecule has 0 aliphatic heterocycles. The molecule has 0 radical (unpaired) electrons. The molecule has 33 heavy (non-hydrogen) atoms. The third kappa shape index (κ3) is 3.60. The number of anilines is 2. The molecule has 0 unspecified atom stereocenters. The summed E-state index contributed by atoms with van der Waals surface area (Å²) < 4.78 is 38.7. The Morgan fingerprint density at radius 2 is 1.55 bits per heavy atom. The molecular weight excluding hydrogens is 442 g/mol. The van der Waals surface area contributed by atoms with Gasteiger partial charge >= 0.3 is 0 Å². The monoisotopic (exact) mass is 461 g/mol. The lowest BCUT2D eigenvalue weighted by atomic mass is 10.2. The maximum absolute atomic E-state index is 13.3. The van der Waals surface area contributed by atoms with Crippen molar-refractivity contribution in [1.82, 2.24) is 19.8 Å². The van der Waals surface area contributed by atoms with Crippen LogP contribution in [0.4, 0.5) is 11.5 Å². The predicted octanol–water partition coefficient (Wildman–Crippen LogP) is 3.87. The topological polar surface area (TPSA) is 108 Å². The highest BCUT2D eigenvalue weighted by molar-refractivity contribution is 7.91. The highest BCUT2D eigenvalue weighted by Crippen LogP contribution is 2.32. The maximum Gasteiger partial charge on any atom is 0.229 e. The molecule has 0 amide bonds. The van der Waals surface area contributed by atoms with E-state index < -0.39 is 9.84 Å². The van der Waals surface area contributed by atoms with E-state index in [2.05, 4.69) is 20.6 Å². The fourth-order valence-electron chi connectivity index (χ4n) is 3.54. The molecule has 0 saturated heterocycles. The smallest absolute Gasteiger partial charge is 0.229 e. The van der Waals surface area contributed by atoms with Crippen molar-refractivity contribution in [3.63, 3.8) is 0 Å². The standard InChI is InChI=1S/C23H19N5O4S/c1-31-16-12-15(13-17(14-16)32-2)24-21-19-10-6-7-11-20(19)28-22(25-21)23(26-27-28)33(29,30)18-8-4-3-5-9-18/h3-14H,1-2H3,(H,24,25). The molecule has 0 aliphatic carbocycles. The molecule has 0 saturated carbocycles. The van der Waals surface area contributed by atoms with Crippen molar-refractivity contribution in [2.75, 3.05) is 19.5 Å². The van der Waals surface area contributed by atoms with Crippen LogP contribution in [0.3, 0.4) is 0 Å². The van der Waals surface area contributed by atoms with Crippen LogP contribution in [0, 0.1) is 0 Å². The Morgan fingerprint density at radius 1 is 0.879 bits per heavy atom. The third-order valence-electron chi connectivity index (χ3n) is 5.14. The first-order valence-electron chi connectivity index (χ1n) is 9.95. The minimum absolute atomic E-state index is 0.120. The van der Waals surface area contributed by atoms with E-state index in [4.69, 9.17) is 9.47 Å². The van der Waals surface area contributed by atoms with Gasteiger partial charge in [-0.3, -0.25) is 0 Å². The summed E-state index contributed by atoms with van der Waals surface area (Å²) in [7, 11) is -0.794. The molecule has 9 nitrogen and oxygen atoms in total. The molecule has 3 aromatic carbocycles. The minimum Gasteiger partial charge on any atom is -0.497 e. The number of para-hydroxylation sites is 1. The van der Waals surface area contributed by atoms with Gasteiger partial charge in [0, 0.05) is 29.3 Å². The average Bonchev–Trinajstić information content (AvgIpc) is 3.29. The number of rotatable bonds is 6. The largest absolute Gasteiger partial charge is 0.497 e. The molecule has 2 heterocycles. The number of aromatic nitrogens is 4. The van der Waals surface area contributed by atoms with Gasteiger partial charge < -0.3 is 14.8 Å². The van der Waals surface area contributed by atoms with Crippen molar-refractivity contribution in [3.05, 3.63) is 72.8 Å². The van der Waals surface area contributed by atoms with Gasteiger partial charge in [-0.05, 0) is 24.3 Å². The first-order chi connectivity index (χ1) is 16.0. The summed E-state index contributed by atoms with van der Waals surface area (Å²) in [6.07, 6.45) is 0. The zero-order chi connectivity index (χ0) is 23.0. The predicted molar refractivity (Wildman–Crippen MR) is 123 cm³/mol. The Morgan fingerprint density at radius 3 is 2.24 bits per heavy atom. The molecule has 10 heteroatoms. The van der Waals surface area contributed by atoms with Gasteiger partial charge in [0.25, 0.3) is 0 Å². The summed E-state index contributed by atoms with van der Waals surface area (Å²) in [6, 6.07) is 20.8. The highest BCUT2D eigenvalue weighted by Gasteiger charge is 2.27. The number of benzene rings is 3. The summed E-state index contributed by atoms with van der Waals surface area (Å²) in [6.45, 7) is 0. The maximum atomic E-state index is 13.3. The molecule has 2 aromatic heterocycles. The Hall–Kier alpha value is -4.18. The quantitative estimate of drug-likeness (QED) is 0.406. The average molecular weight is 462 g/mol. The van der Waals surface area contributed by atoms with Gasteiger partial charge in [0.1, 0.15) is 17.3 Å². The number of nitrogens with one attached hydrogen (secondary N) is 1. The van der Waals surface area contributed by atoms with Crippen LogP contribution in [-0.2, 0) is 9.84 Å². The summed E-state index contributed by atoms with van der Waals surface area (Å²) in [5, 5.41) is 11.9. The molecule has 0 bridgehead atoms. The van der Waals surface area contributed by atoms with E-state index in [0.717, 1.165) is 5.39 Å². The van der Waals surface area contributed by atoms with Gasteiger partial charge in [0.2, 0.25) is 14.9 Å². The van der Waals surface area contributed by atoms with Crippen LogP contribution in [0.5, 0.6) is 11.5 Å². The van der Waals surface area contributed by atoms with Crippen LogP contribution in [0.2, 0.25) is 0 Å². The highest BCUT2D eigenvalue weighted by atomic mass is 32.2. The Bertz CT molecular complexity index is 1560. The fraction of sp³-hybridized carbons (Fsp3) is 0.0870. The third-order valence-corrected chi connectivity index (χ3v) is 6.81. The number of hydrogen-bond acceptors (Lipinski definition) is 8. The van der Waals surface area contributed by atoms with Crippen molar-refractivity contribution in [3.8, 4) is 11.5 Å². The first-order valence-corrected chi connectivity index (χ1v) is 11.4. The lowest BCUT2D eigenvalue weighted by Crippen LogP contribution is -2.05. The van der Waals surface area contributed by atoms with Gasteiger partial charge in [-0.1, -0.05) is 35.5 Å². The van der Waals surface area contributed by atoms with Crippen molar-refractivity contribution in [2.45, 2.75) is 9.92 Å². The van der Waals surface area contributed by atoms with Crippen molar-refractivity contribution in [1.29, 1.82) is 0 Å². The summed E-state index contributed by atoms with van der Waals surface area (Å²) in [4.78, 5) is 4.75.